The summed E-state index contributed by atoms with van der Waals surface area (Å²) in [6, 6.07) is 3.89. The van der Waals surface area contributed by atoms with Crippen LogP contribution in [0, 0.1) is 0 Å². The minimum absolute atomic E-state index is 0.125. The van der Waals surface area contributed by atoms with Crippen LogP contribution in [0.4, 0.5) is 4.79 Å². The Bertz CT molecular complexity index is 355. The number of hydrogen-bond acceptors (Lipinski definition) is 4. The third kappa shape index (κ3) is 5.72. The number of alkyl carbamates (subject to hydrolysis) is 1. The number of ether oxygens (including phenoxy) is 1. The van der Waals surface area contributed by atoms with E-state index in [1.54, 1.807) is 6.26 Å². The van der Waals surface area contributed by atoms with Crippen molar-refractivity contribution in [2.75, 3.05) is 13.1 Å². The van der Waals surface area contributed by atoms with Gasteiger partial charge in [0.2, 0.25) is 0 Å². The highest BCUT2D eigenvalue weighted by molar-refractivity contribution is 5.67. The summed E-state index contributed by atoms with van der Waals surface area (Å²) < 4.78 is 10.4. The van der Waals surface area contributed by atoms with Crippen LogP contribution < -0.4 is 10.6 Å². The van der Waals surface area contributed by atoms with Crippen molar-refractivity contribution < 1.29 is 13.9 Å². The molecule has 0 aliphatic rings. The van der Waals surface area contributed by atoms with Crippen LogP contribution in [-0.4, -0.2) is 24.8 Å². The van der Waals surface area contributed by atoms with Gasteiger partial charge in [-0.25, -0.2) is 4.79 Å². The Morgan fingerprint density at radius 3 is 2.72 bits per heavy atom. The van der Waals surface area contributed by atoms with Crippen LogP contribution in [-0.2, 0) is 4.74 Å². The average molecular weight is 254 g/mol. The Labute approximate surface area is 108 Å². The average Bonchev–Trinajstić information content (AvgIpc) is 2.74. The van der Waals surface area contributed by atoms with E-state index in [4.69, 9.17) is 9.15 Å². The summed E-state index contributed by atoms with van der Waals surface area (Å²) in [7, 11) is 0. The van der Waals surface area contributed by atoms with Gasteiger partial charge in [0.15, 0.2) is 0 Å². The SMILES string of the molecule is C[C@@H](NCCNC(=O)OC(C)(C)C)c1ccco1. The van der Waals surface area contributed by atoms with Crippen molar-refractivity contribution in [1.82, 2.24) is 10.6 Å². The molecule has 0 aliphatic carbocycles. The fourth-order valence-electron chi connectivity index (χ4n) is 1.41. The zero-order chi connectivity index (χ0) is 13.6. The van der Waals surface area contributed by atoms with Crippen molar-refractivity contribution in [2.45, 2.75) is 39.3 Å². The van der Waals surface area contributed by atoms with E-state index in [1.165, 1.54) is 0 Å². The van der Waals surface area contributed by atoms with Gasteiger partial charge in [0.05, 0.1) is 12.3 Å². The van der Waals surface area contributed by atoms with Gasteiger partial charge in [-0.3, -0.25) is 0 Å². The fraction of sp³-hybridized carbons (Fsp3) is 0.615. The molecule has 0 saturated heterocycles. The Hall–Kier alpha value is -1.49. The Balaban J connectivity index is 2.14. The van der Waals surface area contributed by atoms with Gasteiger partial charge in [-0.05, 0) is 39.8 Å². The molecule has 1 aromatic rings. The van der Waals surface area contributed by atoms with E-state index in [9.17, 15) is 4.79 Å². The molecule has 2 N–H and O–H groups in total. The summed E-state index contributed by atoms with van der Waals surface area (Å²) in [4.78, 5) is 11.4. The second-order valence-electron chi connectivity index (χ2n) is 5.12. The summed E-state index contributed by atoms with van der Waals surface area (Å²) in [5, 5.41) is 5.92. The molecule has 1 aromatic heterocycles. The largest absolute Gasteiger partial charge is 0.468 e. The lowest BCUT2D eigenvalue weighted by molar-refractivity contribution is 0.0528. The summed E-state index contributed by atoms with van der Waals surface area (Å²) in [5.41, 5.74) is -0.459. The van der Waals surface area contributed by atoms with Crippen molar-refractivity contribution in [3.8, 4) is 0 Å². The third-order valence-corrected chi connectivity index (χ3v) is 2.21. The van der Waals surface area contributed by atoms with Crippen LogP contribution in [0.3, 0.4) is 0 Å². The van der Waals surface area contributed by atoms with E-state index >= 15 is 0 Å². The minimum atomic E-state index is -0.459. The number of nitrogens with one attached hydrogen (secondary N) is 2. The second kappa shape index (κ2) is 6.44. The molecule has 0 spiro atoms. The van der Waals surface area contributed by atoms with Crippen molar-refractivity contribution in [2.24, 2.45) is 0 Å². The van der Waals surface area contributed by atoms with Crippen LogP contribution in [0.15, 0.2) is 22.8 Å². The molecule has 102 valence electrons. The number of carbonyl (C=O) groups is 1. The van der Waals surface area contributed by atoms with Gasteiger partial charge >= 0.3 is 6.09 Å². The maximum Gasteiger partial charge on any atom is 0.407 e. The van der Waals surface area contributed by atoms with Crippen molar-refractivity contribution in [1.29, 1.82) is 0 Å². The molecule has 0 saturated carbocycles. The molecule has 0 fully saturated rings. The van der Waals surface area contributed by atoms with E-state index in [1.807, 2.05) is 39.8 Å². The second-order valence-corrected chi connectivity index (χ2v) is 5.12. The number of amides is 1. The first-order valence-corrected chi connectivity index (χ1v) is 6.12. The van der Waals surface area contributed by atoms with Crippen molar-refractivity contribution in [3.63, 3.8) is 0 Å². The Morgan fingerprint density at radius 1 is 1.44 bits per heavy atom. The first-order valence-electron chi connectivity index (χ1n) is 6.12. The maximum absolute atomic E-state index is 11.4. The normalized spacial score (nSPS) is 13.1. The van der Waals surface area contributed by atoms with E-state index in [-0.39, 0.29) is 6.04 Å². The maximum atomic E-state index is 11.4. The van der Waals surface area contributed by atoms with E-state index < -0.39 is 11.7 Å². The van der Waals surface area contributed by atoms with Crippen LogP contribution in [0.25, 0.3) is 0 Å². The van der Waals surface area contributed by atoms with Gasteiger partial charge in [-0.2, -0.15) is 0 Å². The van der Waals surface area contributed by atoms with Gasteiger partial charge in [-0.1, -0.05) is 0 Å². The molecule has 18 heavy (non-hydrogen) atoms. The predicted molar refractivity (Wildman–Crippen MR) is 69.4 cm³/mol. The molecule has 0 bridgehead atoms. The molecule has 1 rings (SSSR count). The minimum Gasteiger partial charge on any atom is -0.468 e. The molecule has 0 aromatic carbocycles. The zero-order valence-corrected chi connectivity index (χ0v) is 11.4. The van der Waals surface area contributed by atoms with Crippen LogP contribution in [0.2, 0.25) is 0 Å². The first kappa shape index (κ1) is 14.6. The molecule has 5 nitrogen and oxygen atoms in total. The lowest BCUT2D eigenvalue weighted by atomic mass is 10.2. The smallest absolute Gasteiger partial charge is 0.407 e. The summed E-state index contributed by atoms with van der Waals surface area (Å²) in [6.45, 7) is 8.69. The van der Waals surface area contributed by atoms with Gasteiger partial charge < -0.3 is 19.8 Å². The fourth-order valence-corrected chi connectivity index (χ4v) is 1.41. The van der Waals surface area contributed by atoms with Crippen molar-refractivity contribution >= 4 is 6.09 Å². The molecule has 1 amide bonds. The third-order valence-electron chi connectivity index (χ3n) is 2.21. The van der Waals surface area contributed by atoms with Gasteiger partial charge in [0.25, 0.3) is 0 Å². The highest BCUT2D eigenvalue weighted by atomic mass is 16.6. The van der Waals surface area contributed by atoms with Gasteiger partial charge in [-0.15, -0.1) is 0 Å². The molecular weight excluding hydrogens is 232 g/mol. The molecule has 1 heterocycles. The Kier molecular flexibility index (Phi) is 5.22. The molecule has 0 unspecified atom stereocenters. The molecule has 0 aliphatic heterocycles. The van der Waals surface area contributed by atoms with E-state index in [0.717, 1.165) is 5.76 Å². The number of carbonyl (C=O) groups excluding carboxylic acids is 1. The molecule has 1 atom stereocenters. The monoisotopic (exact) mass is 254 g/mol. The van der Waals surface area contributed by atoms with Crippen LogP contribution >= 0.6 is 0 Å². The highest BCUT2D eigenvalue weighted by Crippen LogP contribution is 2.11. The molecular formula is C13H22N2O3. The van der Waals surface area contributed by atoms with Gasteiger partial charge in [0, 0.05) is 13.1 Å². The highest BCUT2D eigenvalue weighted by Gasteiger charge is 2.15. The lowest BCUT2D eigenvalue weighted by Gasteiger charge is -2.20. The summed E-state index contributed by atoms with van der Waals surface area (Å²) in [6.07, 6.45) is 1.25. The lowest BCUT2D eigenvalue weighted by Crippen LogP contribution is -2.36. The topological polar surface area (TPSA) is 63.5 Å². The van der Waals surface area contributed by atoms with Crippen molar-refractivity contribution in [3.05, 3.63) is 24.2 Å². The standard InChI is InChI=1S/C13H22N2O3/c1-10(11-6-5-9-17-11)14-7-8-15-12(16)18-13(2,3)4/h5-6,9-10,14H,7-8H2,1-4H3,(H,15,16)/t10-/m1/s1. The number of rotatable bonds is 5. The predicted octanol–water partition coefficient (Wildman–Crippen LogP) is 2.45. The molecule has 0 radical (unpaired) electrons. The first-order chi connectivity index (χ1) is 8.38. The summed E-state index contributed by atoms with van der Waals surface area (Å²) in [5.74, 6) is 0.882. The zero-order valence-electron chi connectivity index (χ0n) is 11.4. The van der Waals surface area contributed by atoms with Crippen LogP contribution in [0.1, 0.15) is 39.5 Å². The molecule has 5 heteroatoms. The van der Waals surface area contributed by atoms with Crippen LogP contribution in [0.5, 0.6) is 0 Å². The Morgan fingerprint density at radius 2 is 2.17 bits per heavy atom. The van der Waals surface area contributed by atoms with E-state index in [2.05, 4.69) is 10.6 Å². The number of hydrogen-bond donors (Lipinski definition) is 2. The summed E-state index contributed by atoms with van der Waals surface area (Å²) >= 11 is 0. The van der Waals surface area contributed by atoms with E-state index in [0.29, 0.717) is 13.1 Å². The quantitative estimate of drug-likeness (QED) is 0.792. The van der Waals surface area contributed by atoms with Gasteiger partial charge in [0.1, 0.15) is 11.4 Å². The number of furan rings is 1.